The first-order valence-corrected chi connectivity index (χ1v) is 7.65. The summed E-state index contributed by atoms with van der Waals surface area (Å²) in [5.41, 5.74) is 0. The first kappa shape index (κ1) is 7.22. The molecule has 1 aliphatic heterocycles. The molecule has 1 aliphatic rings. The van der Waals surface area contributed by atoms with Crippen molar-refractivity contribution < 1.29 is 0 Å². The Kier molecular flexibility index (Phi) is 1.91. The van der Waals surface area contributed by atoms with Crippen LogP contribution in [0.4, 0.5) is 0 Å². The van der Waals surface area contributed by atoms with E-state index in [1.54, 1.807) is 0 Å². The second-order valence-corrected chi connectivity index (χ2v) is 9.00. The zero-order valence-corrected chi connectivity index (χ0v) is 8.03. The van der Waals surface area contributed by atoms with E-state index in [0.717, 1.165) is 0 Å². The minimum absolute atomic E-state index is 0.998. The molecule has 0 fully saturated rings. The van der Waals surface area contributed by atoms with Gasteiger partial charge >= 0.3 is 0 Å². The lowest BCUT2D eigenvalue weighted by Crippen LogP contribution is -2.40. The number of hydrogen-bond donors (Lipinski definition) is 0. The first-order valence-electron chi connectivity index (χ1n) is 3.16. The summed E-state index contributed by atoms with van der Waals surface area (Å²) < 4.78 is 2.47. The number of thioether (sulfide) groups is 1. The van der Waals surface area contributed by atoms with E-state index in [0.29, 0.717) is 0 Å². The Morgan fingerprint density at radius 1 is 1.44 bits per heavy atom. The Labute approximate surface area is 62.2 Å². The molecule has 0 aromatic carbocycles. The van der Waals surface area contributed by atoms with Crippen molar-refractivity contribution in [3.63, 3.8) is 0 Å². The molecule has 0 amide bonds. The lowest BCUT2D eigenvalue weighted by molar-refractivity contribution is 0.678. The molecule has 52 valence electrons. The third kappa shape index (κ3) is 1.76. The van der Waals surface area contributed by atoms with E-state index in [4.69, 9.17) is 0 Å². The molecule has 0 spiro atoms. The van der Waals surface area contributed by atoms with E-state index < -0.39 is 8.24 Å². The summed E-state index contributed by atoms with van der Waals surface area (Å²) >= 11 is 1.89. The minimum atomic E-state index is -0.998. The van der Waals surface area contributed by atoms with E-state index in [1.165, 1.54) is 5.88 Å². The van der Waals surface area contributed by atoms with Crippen molar-refractivity contribution in [2.45, 2.75) is 19.6 Å². The van der Waals surface area contributed by atoms with Crippen LogP contribution in [0.5, 0.6) is 0 Å². The molecule has 1 rings (SSSR count). The number of nitrogens with zero attached hydrogens (tertiary/aromatic N) is 1. The van der Waals surface area contributed by atoms with Crippen molar-refractivity contribution in [2.75, 3.05) is 5.88 Å². The van der Waals surface area contributed by atoms with Gasteiger partial charge in [0.15, 0.2) is 0 Å². The van der Waals surface area contributed by atoms with E-state index >= 15 is 0 Å². The van der Waals surface area contributed by atoms with Gasteiger partial charge < -0.3 is 4.57 Å². The molecule has 0 bridgehead atoms. The standard InChI is InChI=1S/C6H13NSSi/c1-9(2,3)7-4-5-8-6-7/h4-5H,6H2,1-3H3. The van der Waals surface area contributed by atoms with Crippen LogP contribution in [0.1, 0.15) is 0 Å². The molecule has 0 unspecified atom stereocenters. The van der Waals surface area contributed by atoms with Crippen LogP contribution in [-0.4, -0.2) is 18.7 Å². The molecule has 0 atom stereocenters. The van der Waals surface area contributed by atoms with Crippen LogP contribution < -0.4 is 0 Å². The van der Waals surface area contributed by atoms with Crippen LogP contribution in [0.3, 0.4) is 0 Å². The third-order valence-corrected chi connectivity index (χ3v) is 4.41. The second kappa shape index (κ2) is 2.38. The molecular weight excluding hydrogens is 146 g/mol. The van der Waals surface area contributed by atoms with Crippen LogP contribution in [0.2, 0.25) is 19.6 Å². The van der Waals surface area contributed by atoms with Gasteiger partial charge in [-0.2, -0.15) is 0 Å². The fourth-order valence-electron chi connectivity index (χ4n) is 0.700. The van der Waals surface area contributed by atoms with Crippen molar-refractivity contribution in [3.8, 4) is 0 Å². The highest BCUT2D eigenvalue weighted by Crippen LogP contribution is 2.21. The molecular formula is C6H13NSSi. The van der Waals surface area contributed by atoms with Gasteiger partial charge in [-0.05, 0) is 11.6 Å². The summed E-state index contributed by atoms with van der Waals surface area (Å²) in [5, 5.41) is 2.18. The molecule has 0 saturated heterocycles. The Bertz CT molecular complexity index is 128. The van der Waals surface area contributed by atoms with Gasteiger partial charge in [-0.15, -0.1) is 11.8 Å². The lowest BCUT2D eigenvalue weighted by Gasteiger charge is -2.28. The molecule has 0 aliphatic carbocycles. The van der Waals surface area contributed by atoms with Gasteiger partial charge in [0.2, 0.25) is 0 Å². The van der Waals surface area contributed by atoms with Crippen molar-refractivity contribution in [1.82, 2.24) is 4.57 Å². The van der Waals surface area contributed by atoms with Gasteiger partial charge in [0.05, 0.1) is 5.88 Å². The zero-order valence-electron chi connectivity index (χ0n) is 6.22. The summed E-state index contributed by atoms with van der Waals surface area (Å²) in [6.45, 7) is 7.09. The molecule has 0 aromatic heterocycles. The smallest absolute Gasteiger partial charge is 0.147 e. The summed E-state index contributed by atoms with van der Waals surface area (Å²) in [5.74, 6) is 1.18. The Balaban J connectivity index is 2.53. The molecule has 1 nitrogen and oxygen atoms in total. The quantitative estimate of drug-likeness (QED) is 0.540. The predicted molar refractivity (Wildman–Crippen MR) is 46.8 cm³/mol. The van der Waals surface area contributed by atoms with Crippen LogP contribution >= 0.6 is 11.8 Å². The minimum Gasteiger partial charge on any atom is -0.394 e. The largest absolute Gasteiger partial charge is 0.394 e. The monoisotopic (exact) mass is 159 g/mol. The van der Waals surface area contributed by atoms with Gasteiger partial charge in [0.1, 0.15) is 8.24 Å². The third-order valence-electron chi connectivity index (χ3n) is 1.41. The number of rotatable bonds is 1. The maximum atomic E-state index is 2.47. The average molecular weight is 159 g/mol. The number of hydrogen-bond acceptors (Lipinski definition) is 2. The first-order chi connectivity index (χ1) is 4.11. The zero-order chi connectivity index (χ0) is 6.91. The van der Waals surface area contributed by atoms with E-state index in [2.05, 4.69) is 35.8 Å². The molecule has 0 saturated carbocycles. The van der Waals surface area contributed by atoms with Gasteiger partial charge in [-0.1, -0.05) is 19.6 Å². The molecule has 9 heavy (non-hydrogen) atoms. The summed E-state index contributed by atoms with van der Waals surface area (Å²) in [6.07, 6.45) is 2.22. The van der Waals surface area contributed by atoms with Gasteiger partial charge in [-0.25, -0.2) is 0 Å². The molecule has 0 aromatic rings. The topological polar surface area (TPSA) is 3.24 Å². The Morgan fingerprint density at radius 2 is 2.11 bits per heavy atom. The summed E-state index contributed by atoms with van der Waals surface area (Å²) in [6, 6.07) is 0. The fraction of sp³-hybridized carbons (Fsp3) is 0.667. The van der Waals surface area contributed by atoms with Crippen LogP contribution in [-0.2, 0) is 0 Å². The van der Waals surface area contributed by atoms with Crippen LogP contribution in [0.15, 0.2) is 11.6 Å². The Hall–Kier alpha value is 0.107. The van der Waals surface area contributed by atoms with Gasteiger partial charge in [-0.3, -0.25) is 0 Å². The molecule has 0 N–H and O–H groups in total. The molecule has 0 radical (unpaired) electrons. The van der Waals surface area contributed by atoms with E-state index in [9.17, 15) is 0 Å². The van der Waals surface area contributed by atoms with Crippen LogP contribution in [0, 0.1) is 0 Å². The summed E-state index contributed by atoms with van der Waals surface area (Å²) in [4.78, 5) is 0. The van der Waals surface area contributed by atoms with Crippen molar-refractivity contribution in [1.29, 1.82) is 0 Å². The SMILES string of the molecule is C[Si](C)(C)N1C=CSC1. The molecule has 3 heteroatoms. The van der Waals surface area contributed by atoms with E-state index in [1.807, 2.05) is 11.8 Å². The molecule has 1 heterocycles. The highest BCUT2D eigenvalue weighted by atomic mass is 32.2. The van der Waals surface area contributed by atoms with Crippen molar-refractivity contribution in [2.24, 2.45) is 0 Å². The van der Waals surface area contributed by atoms with Crippen molar-refractivity contribution >= 4 is 20.0 Å². The van der Waals surface area contributed by atoms with Gasteiger partial charge in [0.25, 0.3) is 0 Å². The second-order valence-electron chi connectivity index (χ2n) is 3.22. The van der Waals surface area contributed by atoms with Gasteiger partial charge in [0, 0.05) is 0 Å². The highest BCUT2D eigenvalue weighted by molar-refractivity contribution is 8.02. The normalized spacial score (nSPS) is 19.2. The maximum Gasteiger partial charge on any atom is 0.147 e. The predicted octanol–water partition coefficient (Wildman–Crippen LogP) is 2.30. The highest BCUT2D eigenvalue weighted by Gasteiger charge is 2.22. The van der Waals surface area contributed by atoms with Crippen molar-refractivity contribution in [3.05, 3.63) is 11.6 Å². The lowest BCUT2D eigenvalue weighted by atomic mass is 11.0. The maximum absolute atomic E-state index is 2.47. The summed E-state index contributed by atoms with van der Waals surface area (Å²) in [7, 11) is -0.998. The van der Waals surface area contributed by atoms with Crippen LogP contribution in [0.25, 0.3) is 0 Å². The Morgan fingerprint density at radius 3 is 2.33 bits per heavy atom. The van der Waals surface area contributed by atoms with E-state index in [-0.39, 0.29) is 0 Å². The fourth-order valence-corrected chi connectivity index (χ4v) is 3.67. The average Bonchev–Trinajstić information content (AvgIpc) is 2.08.